The number of allylic oxidation sites excluding steroid dienone is 1. The second-order valence-corrected chi connectivity index (χ2v) is 1.63. The van der Waals surface area contributed by atoms with Gasteiger partial charge in [-0.15, -0.1) is 0 Å². The van der Waals surface area contributed by atoms with Crippen LogP contribution < -0.4 is 0 Å². The van der Waals surface area contributed by atoms with E-state index in [0.717, 1.165) is 0 Å². The van der Waals surface area contributed by atoms with Gasteiger partial charge >= 0.3 is 0 Å². The van der Waals surface area contributed by atoms with Crippen LogP contribution >= 0.6 is 0 Å². The fraction of sp³-hybridized carbons (Fsp3) is 0.143. The molecule has 2 nitrogen and oxygen atoms in total. The van der Waals surface area contributed by atoms with Crippen molar-refractivity contribution in [3.05, 3.63) is 37.0 Å². The molecule has 0 heterocycles. The summed E-state index contributed by atoms with van der Waals surface area (Å²) in [5, 5.41) is 16.9. The van der Waals surface area contributed by atoms with Crippen molar-refractivity contribution in [1.29, 1.82) is 0 Å². The van der Waals surface area contributed by atoms with E-state index in [1.807, 2.05) is 0 Å². The van der Waals surface area contributed by atoms with Gasteiger partial charge in [0.25, 0.3) is 0 Å². The van der Waals surface area contributed by atoms with Gasteiger partial charge in [0, 0.05) is 5.57 Å². The molecule has 0 fully saturated rings. The third-order valence-electron chi connectivity index (χ3n) is 0.971. The van der Waals surface area contributed by atoms with Crippen molar-refractivity contribution < 1.29 is 10.2 Å². The molecule has 0 rings (SSSR count). The molecule has 0 saturated heterocycles. The molecule has 2 N–H and O–H groups in total. The van der Waals surface area contributed by atoms with Crippen LogP contribution in [0.5, 0.6) is 0 Å². The summed E-state index contributed by atoms with van der Waals surface area (Å²) >= 11 is 0. The lowest BCUT2D eigenvalue weighted by molar-refractivity contribution is -0.00517. The number of rotatable bonds is 3. The van der Waals surface area contributed by atoms with Crippen molar-refractivity contribution >= 4 is 0 Å². The average molecular weight is 126 g/mol. The summed E-state index contributed by atoms with van der Waals surface area (Å²) in [6.07, 6.45) is -0.0996. The van der Waals surface area contributed by atoms with E-state index in [-0.39, 0.29) is 5.57 Å². The number of hydrogen-bond donors (Lipinski definition) is 2. The topological polar surface area (TPSA) is 40.5 Å². The van der Waals surface area contributed by atoms with Gasteiger partial charge in [-0.3, -0.25) is 0 Å². The lowest BCUT2D eigenvalue weighted by Crippen LogP contribution is -2.07. The summed E-state index contributed by atoms with van der Waals surface area (Å²) in [6, 6.07) is 0. The molecule has 0 aliphatic heterocycles. The van der Waals surface area contributed by atoms with E-state index in [1.54, 1.807) is 0 Å². The highest BCUT2D eigenvalue weighted by Crippen LogP contribution is 2.07. The fourth-order valence-corrected chi connectivity index (χ4v) is 0.297. The first kappa shape index (κ1) is 8.14. The molecule has 0 aromatic carbocycles. The van der Waals surface area contributed by atoms with Crippen molar-refractivity contribution in [2.45, 2.75) is 6.29 Å². The Morgan fingerprint density at radius 2 is 1.78 bits per heavy atom. The van der Waals surface area contributed by atoms with E-state index in [0.29, 0.717) is 5.57 Å². The lowest BCUT2D eigenvalue weighted by Gasteiger charge is -2.05. The van der Waals surface area contributed by atoms with Crippen molar-refractivity contribution in [1.82, 2.24) is 0 Å². The van der Waals surface area contributed by atoms with E-state index in [1.165, 1.54) is 6.08 Å². The molecule has 0 aliphatic rings. The van der Waals surface area contributed by atoms with Crippen LogP contribution in [0, 0.1) is 0 Å². The van der Waals surface area contributed by atoms with Gasteiger partial charge in [-0.2, -0.15) is 0 Å². The highest BCUT2D eigenvalue weighted by atomic mass is 16.5. The highest BCUT2D eigenvalue weighted by molar-refractivity contribution is 5.35. The highest BCUT2D eigenvalue weighted by Gasteiger charge is 2.03. The normalized spacial score (nSPS) is 9.22. The Kier molecular flexibility index (Phi) is 2.91. The second kappa shape index (κ2) is 3.22. The summed E-state index contributed by atoms with van der Waals surface area (Å²) in [5.74, 6) is 0. The quantitative estimate of drug-likeness (QED) is 0.429. The summed E-state index contributed by atoms with van der Waals surface area (Å²) in [4.78, 5) is 0. The van der Waals surface area contributed by atoms with E-state index >= 15 is 0 Å². The first-order chi connectivity index (χ1) is 4.09. The fourth-order valence-electron chi connectivity index (χ4n) is 0.297. The number of aliphatic hydroxyl groups is 2. The van der Waals surface area contributed by atoms with Gasteiger partial charge in [0.05, 0.1) is 0 Å². The molecule has 0 spiro atoms. The molecule has 2 heteroatoms. The Hall–Kier alpha value is -0.860. The molecule has 0 aliphatic carbocycles. The van der Waals surface area contributed by atoms with Crippen molar-refractivity contribution in [3.8, 4) is 0 Å². The molecule has 0 amide bonds. The van der Waals surface area contributed by atoms with Crippen LogP contribution in [0.3, 0.4) is 0 Å². The van der Waals surface area contributed by atoms with Gasteiger partial charge < -0.3 is 10.2 Å². The maximum absolute atomic E-state index is 8.47. The third kappa shape index (κ3) is 2.26. The van der Waals surface area contributed by atoms with Crippen molar-refractivity contribution in [2.24, 2.45) is 0 Å². The molecule has 0 radical (unpaired) electrons. The zero-order chi connectivity index (χ0) is 7.44. The predicted molar refractivity (Wildman–Crippen MR) is 36.7 cm³/mol. The Morgan fingerprint density at radius 3 is 1.89 bits per heavy atom. The van der Waals surface area contributed by atoms with Gasteiger partial charge in [-0.25, -0.2) is 0 Å². The standard InChI is InChI=1S/C7H10O2/c1-4-5(2)6(3)7(8)9/h4,7-9H,1-3H2. The van der Waals surface area contributed by atoms with Crippen molar-refractivity contribution in [2.75, 3.05) is 0 Å². The summed E-state index contributed by atoms with van der Waals surface area (Å²) in [5.41, 5.74) is 0.634. The van der Waals surface area contributed by atoms with Crippen LogP contribution in [0.1, 0.15) is 0 Å². The first-order valence-corrected chi connectivity index (χ1v) is 2.46. The summed E-state index contributed by atoms with van der Waals surface area (Å²) < 4.78 is 0. The lowest BCUT2D eigenvalue weighted by atomic mass is 10.1. The zero-order valence-electron chi connectivity index (χ0n) is 5.17. The molecule has 50 valence electrons. The minimum absolute atomic E-state index is 0.185. The molecule has 0 aromatic heterocycles. The third-order valence-corrected chi connectivity index (χ3v) is 0.971. The summed E-state index contributed by atoms with van der Waals surface area (Å²) in [6.45, 7) is 10.2. The van der Waals surface area contributed by atoms with Crippen molar-refractivity contribution in [3.63, 3.8) is 0 Å². The first-order valence-electron chi connectivity index (χ1n) is 2.46. The monoisotopic (exact) mass is 126 g/mol. The van der Waals surface area contributed by atoms with E-state index in [4.69, 9.17) is 10.2 Å². The SMILES string of the molecule is C=CC(=C)C(=C)C(O)O. The second-order valence-electron chi connectivity index (χ2n) is 1.63. The minimum atomic E-state index is -1.52. The molecular formula is C7H10O2. The van der Waals surface area contributed by atoms with Gasteiger partial charge in [0.1, 0.15) is 0 Å². The largest absolute Gasteiger partial charge is 0.364 e. The van der Waals surface area contributed by atoms with Gasteiger partial charge in [-0.05, 0) is 5.57 Å². The van der Waals surface area contributed by atoms with Crippen LogP contribution in [-0.4, -0.2) is 16.5 Å². The van der Waals surface area contributed by atoms with Crippen LogP contribution in [0.4, 0.5) is 0 Å². The smallest absolute Gasteiger partial charge is 0.178 e. The molecule has 9 heavy (non-hydrogen) atoms. The molecule has 0 saturated carbocycles. The molecule has 0 unspecified atom stereocenters. The van der Waals surface area contributed by atoms with Crippen LogP contribution in [0.15, 0.2) is 37.0 Å². The Morgan fingerprint density at radius 1 is 1.33 bits per heavy atom. The van der Waals surface area contributed by atoms with Gasteiger partial charge in [-0.1, -0.05) is 25.8 Å². The number of aliphatic hydroxyl groups excluding tert-OH is 1. The van der Waals surface area contributed by atoms with Crippen LogP contribution in [-0.2, 0) is 0 Å². The Labute approximate surface area is 54.4 Å². The van der Waals surface area contributed by atoms with Gasteiger partial charge in [0.2, 0.25) is 0 Å². The maximum Gasteiger partial charge on any atom is 0.178 e. The molecule has 0 atom stereocenters. The van der Waals surface area contributed by atoms with Crippen LogP contribution in [0.25, 0.3) is 0 Å². The van der Waals surface area contributed by atoms with E-state index in [2.05, 4.69) is 19.7 Å². The predicted octanol–water partition coefficient (Wildman–Crippen LogP) is 0.595. The van der Waals surface area contributed by atoms with E-state index in [9.17, 15) is 0 Å². The molecule has 0 aromatic rings. The minimum Gasteiger partial charge on any atom is -0.364 e. The maximum atomic E-state index is 8.47. The number of hydrogen-bond acceptors (Lipinski definition) is 2. The Bertz CT molecular complexity index is 145. The van der Waals surface area contributed by atoms with Gasteiger partial charge in [0.15, 0.2) is 6.29 Å². The van der Waals surface area contributed by atoms with E-state index < -0.39 is 6.29 Å². The molecule has 0 bridgehead atoms. The zero-order valence-corrected chi connectivity index (χ0v) is 5.17. The Balaban J connectivity index is 4.04. The summed E-state index contributed by atoms with van der Waals surface area (Å²) in [7, 11) is 0. The molecular weight excluding hydrogens is 116 g/mol. The average Bonchev–Trinajstić information content (AvgIpc) is 1.84. The van der Waals surface area contributed by atoms with Crippen LogP contribution in [0.2, 0.25) is 0 Å².